The Morgan fingerprint density at radius 2 is 1.05 bits per heavy atom. The second-order valence-corrected chi connectivity index (χ2v) is 3.88. The SMILES string of the molecule is CCN(/C=C/C(=O)OOC(=O)/C=C/N(CC)CC)CC. The molecule has 0 heterocycles. The van der Waals surface area contributed by atoms with E-state index >= 15 is 0 Å². The normalized spacial score (nSPS) is 10.8. The Bertz CT molecular complexity index is 311. The van der Waals surface area contributed by atoms with Crippen molar-refractivity contribution in [2.24, 2.45) is 0 Å². The Labute approximate surface area is 120 Å². The summed E-state index contributed by atoms with van der Waals surface area (Å²) in [4.78, 5) is 35.1. The molecule has 6 nitrogen and oxygen atoms in total. The summed E-state index contributed by atoms with van der Waals surface area (Å²) in [5, 5.41) is 0. The van der Waals surface area contributed by atoms with Crippen molar-refractivity contribution in [2.45, 2.75) is 27.7 Å². The third-order valence-electron chi connectivity index (χ3n) is 2.67. The molecule has 0 rings (SSSR count). The van der Waals surface area contributed by atoms with Crippen LogP contribution in [0.3, 0.4) is 0 Å². The standard InChI is InChI=1S/C14H24N2O4/c1-5-15(6-2)11-9-13(17)19-20-14(18)10-12-16(7-3)8-4/h9-12H,5-8H2,1-4H3/b11-9+,12-10+. The van der Waals surface area contributed by atoms with Crippen molar-refractivity contribution in [3.8, 4) is 0 Å². The minimum atomic E-state index is -0.721. The van der Waals surface area contributed by atoms with Crippen LogP contribution in [0.1, 0.15) is 27.7 Å². The molecule has 6 heteroatoms. The lowest BCUT2D eigenvalue weighted by molar-refractivity contribution is -0.250. The van der Waals surface area contributed by atoms with Crippen LogP contribution < -0.4 is 0 Å². The van der Waals surface area contributed by atoms with Gasteiger partial charge in [0.1, 0.15) is 0 Å². The molecule has 0 aromatic carbocycles. The molecule has 0 N–H and O–H groups in total. The molecule has 0 unspecified atom stereocenters. The van der Waals surface area contributed by atoms with E-state index in [0.717, 1.165) is 26.2 Å². The van der Waals surface area contributed by atoms with E-state index in [4.69, 9.17) is 0 Å². The Morgan fingerprint density at radius 3 is 1.30 bits per heavy atom. The number of hydrogen-bond acceptors (Lipinski definition) is 6. The van der Waals surface area contributed by atoms with Gasteiger partial charge in [0.15, 0.2) is 0 Å². The maximum Gasteiger partial charge on any atom is 0.380 e. The summed E-state index contributed by atoms with van der Waals surface area (Å²) in [7, 11) is 0. The summed E-state index contributed by atoms with van der Waals surface area (Å²) in [6.45, 7) is 11.0. The number of rotatable bonds is 8. The zero-order valence-electron chi connectivity index (χ0n) is 12.7. The van der Waals surface area contributed by atoms with E-state index in [2.05, 4.69) is 9.78 Å². The molecule has 0 spiro atoms. The fraction of sp³-hybridized carbons (Fsp3) is 0.571. The second kappa shape index (κ2) is 10.9. The van der Waals surface area contributed by atoms with Gasteiger partial charge in [-0.2, -0.15) is 0 Å². The highest BCUT2D eigenvalue weighted by atomic mass is 17.2. The van der Waals surface area contributed by atoms with Gasteiger partial charge in [-0.3, -0.25) is 0 Å². The van der Waals surface area contributed by atoms with Gasteiger partial charge in [-0.15, -0.1) is 0 Å². The predicted octanol–water partition coefficient (Wildman–Crippen LogP) is 1.70. The van der Waals surface area contributed by atoms with Crippen LogP contribution in [0.5, 0.6) is 0 Å². The molecule has 0 aliphatic carbocycles. The molecule has 0 fully saturated rings. The van der Waals surface area contributed by atoms with E-state index in [1.807, 2.05) is 37.5 Å². The van der Waals surface area contributed by atoms with E-state index in [1.54, 1.807) is 12.4 Å². The molecule has 0 aliphatic heterocycles. The Morgan fingerprint density at radius 1 is 0.750 bits per heavy atom. The Kier molecular flexibility index (Phi) is 9.82. The highest BCUT2D eigenvalue weighted by molar-refractivity contribution is 5.84. The number of carbonyl (C=O) groups excluding carboxylic acids is 2. The van der Waals surface area contributed by atoms with Crippen molar-refractivity contribution in [3.63, 3.8) is 0 Å². The van der Waals surface area contributed by atoms with Crippen molar-refractivity contribution in [1.82, 2.24) is 9.80 Å². The molecule has 0 saturated carbocycles. The van der Waals surface area contributed by atoms with Gasteiger partial charge in [0.25, 0.3) is 0 Å². The van der Waals surface area contributed by atoms with Crippen LogP contribution in [-0.2, 0) is 19.4 Å². The predicted molar refractivity (Wildman–Crippen MR) is 76.3 cm³/mol. The van der Waals surface area contributed by atoms with E-state index in [-0.39, 0.29) is 0 Å². The highest BCUT2D eigenvalue weighted by Gasteiger charge is 2.04. The molecule has 0 aliphatic rings. The molecule has 0 radical (unpaired) electrons. The van der Waals surface area contributed by atoms with Crippen LogP contribution in [0, 0.1) is 0 Å². The van der Waals surface area contributed by atoms with E-state index < -0.39 is 11.9 Å². The van der Waals surface area contributed by atoms with Gasteiger partial charge < -0.3 is 9.80 Å². The number of nitrogens with zero attached hydrogens (tertiary/aromatic N) is 2. The first-order chi connectivity index (χ1) is 9.57. The first kappa shape index (κ1) is 18.0. The summed E-state index contributed by atoms with van der Waals surface area (Å²) < 4.78 is 0. The first-order valence-electron chi connectivity index (χ1n) is 6.84. The fourth-order valence-electron chi connectivity index (χ4n) is 1.34. The van der Waals surface area contributed by atoms with E-state index in [1.165, 1.54) is 12.2 Å². The summed E-state index contributed by atoms with van der Waals surface area (Å²) >= 11 is 0. The quantitative estimate of drug-likeness (QED) is 0.384. The third kappa shape index (κ3) is 8.18. The lowest BCUT2D eigenvalue weighted by Gasteiger charge is -2.14. The minimum Gasteiger partial charge on any atom is -0.378 e. The minimum absolute atomic E-state index is 0.721. The lowest BCUT2D eigenvalue weighted by Crippen LogP contribution is -2.17. The number of carbonyl (C=O) groups is 2. The van der Waals surface area contributed by atoms with Gasteiger partial charge in [0, 0.05) is 50.7 Å². The van der Waals surface area contributed by atoms with Gasteiger partial charge in [-0.05, 0) is 27.7 Å². The lowest BCUT2D eigenvalue weighted by atomic mass is 10.5. The summed E-state index contributed by atoms with van der Waals surface area (Å²) in [5.74, 6) is -1.44. The van der Waals surface area contributed by atoms with Crippen molar-refractivity contribution in [3.05, 3.63) is 24.6 Å². The zero-order chi connectivity index (χ0) is 15.4. The van der Waals surface area contributed by atoms with E-state index in [9.17, 15) is 9.59 Å². The fourth-order valence-corrected chi connectivity index (χ4v) is 1.34. The highest BCUT2D eigenvalue weighted by Crippen LogP contribution is 1.93. The van der Waals surface area contributed by atoms with Crippen LogP contribution in [0.2, 0.25) is 0 Å². The monoisotopic (exact) mass is 284 g/mol. The molecule has 0 saturated heterocycles. The van der Waals surface area contributed by atoms with Gasteiger partial charge in [0.05, 0.1) is 0 Å². The Balaban J connectivity index is 4.09. The van der Waals surface area contributed by atoms with E-state index in [0.29, 0.717) is 0 Å². The average Bonchev–Trinajstić information content (AvgIpc) is 2.47. The molecular weight excluding hydrogens is 260 g/mol. The van der Waals surface area contributed by atoms with Crippen molar-refractivity contribution in [2.75, 3.05) is 26.2 Å². The topological polar surface area (TPSA) is 59.1 Å². The maximum absolute atomic E-state index is 11.3. The molecular formula is C14H24N2O4. The molecule has 0 aromatic rings. The molecule has 114 valence electrons. The largest absolute Gasteiger partial charge is 0.380 e. The third-order valence-corrected chi connectivity index (χ3v) is 2.67. The smallest absolute Gasteiger partial charge is 0.378 e. The first-order valence-corrected chi connectivity index (χ1v) is 6.84. The molecule has 0 amide bonds. The second-order valence-electron chi connectivity index (χ2n) is 3.88. The zero-order valence-corrected chi connectivity index (χ0v) is 12.7. The van der Waals surface area contributed by atoms with Gasteiger partial charge in [0.2, 0.25) is 0 Å². The summed E-state index contributed by atoms with van der Waals surface area (Å²) in [5.41, 5.74) is 0. The van der Waals surface area contributed by atoms with Gasteiger partial charge in [-0.1, -0.05) is 0 Å². The molecule has 0 bridgehead atoms. The maximum atomic E-state index is 11.3. The van der Waals surface area contributed by atoms with Gasteiger partial charge >= 0.3 is 11.9 Å². The molecule has 20 heavy (non-hydrogen) atoms. The van der Waals surface area contributed by atoms with Crippen molar-refractivity contribution >= 4 is 11.9 Å². The summed E-state index contributed by atoms with van der Waals surface area (Å²) in [6.07, 6.45) is 5.63. The summed E-state index contributed by atoms with van der Waals surface area (Å²) in [6, 6.07) is 0. The van der Waals surface area contributed by atoms with Crippen LogP contribution in [0.15, 0.2) is 24.6 Å². The number of hydrogen-bond donors (Lipinski definition) is 0. The van der Waals surface area contributed by atoms with Crippen LogP contribution in [-0.4, -0.2) is 47.9 Å². The van der Waals surface area contributed by atoms with Crippen LogP contribution >= 0.6 is 0 Å². The molecule has 0 atom stereocenters. The average molecular weight is 284 g/mol. The van der Waals surface area contributed by atoms with Crippen molar-refractivity contribution < 1.29 is 19.4 Å². The van der Waals surface area contributed by atoms with Crippen LogP contribution in [0.4, 0.5) is 0 Å². The molecule has 0 aromatic heterocycles. The van der Waals surface area contributed by atoms with Gasteiger partial charge in [-0.25, -0.2) is 19.4 Å². The Hall–Kier alpha value is -1.98. The van der Waals surface area contributed by atoms with Crippen molar-refractivity contribution in [1.29, 1.82) is 0 Å². The van der Waals surface area contributed by atoms with Crippen LogP contribution in [0.25, 0.3) is 0 Å².